The van der Waals surface area contributed by atoms with Gasteiger partial charge in [-0.2, -0.15) is 5.10 Å². The van der Waals surface area contributed by atoms with Crippen LogP contribution < -0.4 is 0 Å². The van der Waals surface area contributed by atoms with Crippen molar-refractivity contribution in [3.8, 4) is 0 Å². The first-order chi connectivity index (χ1) is 11.9. The van der Waals surface area contributed by atoms with Gasteiger partial charge in [0.05, 0.1) is 17.1 Å². The Bertz CT molecular complexity index is 877. The Balaban J connectivity index is 1.90. The van der Waals surface area contributed by atoms with Crippen LogP contribution in [0.5, 0.6) is 0 Å². The zero-order chi connectivity index (χ0) is 18.1. The fourth-order valence-corrected chi connectivity index (χ4v) is 4.16. The Morgan fingerprint density at radius 1 is 1.36 bits per heavy atom. The summed E-state index contributed by atoms with van der Waals surface area (Å²) in [6.45, 7) is 4.67. The van der Waals surface area contributed by atoms with E-state index in [1.165, 1.54) is 23.9 Å². The molecule has 1 aromatic heterocycles. The first-order valence-electron chi connectivity index (χ1n) is 7.63. The minimum absolute atomic E-state index is 0.112. The number of nitrogens with zero attached hydrogens (tertiary/aromatic N) is 3. The number of likely N-dealkylation sites (N-methyl/N-ethyl adjacent to an activating group) is 1. The van der Waals surface area contributed by atoms with Crippen LogP contribution in [0.1, 0.15) is 23.7 Å². The van der Waals surface area contributed by atoms with Gasteiger partial charge in [0, 0.05) is 12.1 Å². The van der Waals surface area contributed by atoms with E-state index in [1.54, 1.807) is 27.8 Å². The number of hydrogen-bond acceptors (Lipinski definition) is 4. The second kappa shape index (κ2) is 7.27. The van der Waals surface area contributed by atoms with Gasteiger partial charge >= 0.3 is 0 Å². The summed E-state index contributed by atoms with van der Waals surface area (Å²) >= 11 is 12.9. The number of aromatic nitrogens is 2. The van der Waals surface area contributed by atoms with E-state index in [1.807, 2.05) is 13.8 Å². The molecule has 0 spiro atoms. The van der Waals surface area contributed by atoms with Crippen molar-refractivity contribution < 1.29 is 9.18 Å². The maximum absolute atomic E-state index is 13.0. The van der Waals surface area contributed by atoms with E-state index in [0.29, 0.717) is 38.7 Å². The molecule has 1 amide bonds. The molecule has 25 heavy (non-hydrogen) atoms. The van der Waals surface area contributed by atoms with E-state index in [0.717, 1.165) is 5.56 Å². The van der Waals surface area contributed by atoms with Gasteiger partial charge in [0.2, 0.25) is 0 Å². The van der Waals surface area contributed by atoms with Crippen LogP contribution in [0.15, 0.2) is 29.2 Å². The molecule has 2 aromatic rings. The van der Waals surface area contributed by atoms with Crippen molar-refractivity contribution in [2.75, 3.05) is 6.54 Å². The number of thiocarbonyl (C=S) groups is 1. The van der Waals surface area contributed by atoms with E-state index in [9.17, 15) is 9.18 Å². The molecule has 0 N–H and O–H groups in total. The van der Waals surface area contributed by atoms with Crippen molar-refractivity contribution in [2.45, 2.75) is 20.4 Å². The van der Waals surface area contributed by atoms with Gasteiger partial charge < -0.3 is 0 Å². The highest BCUT2D eigenvalue weighted by atomic mass is 35.5. The minimum Gasteiger partial charge on any atom is -0.293 e. The SMILES string of the molecule is CCN1C(=O)/C(=C\c2c(C)nn(Cc3ccc(F)cc3)c2Cl)SC1=S. The summed E-state index contributed by atoms with van der Waals surface area (Å²) < 4.78 is 15.2. The molecule has 0 radical (unpaired) electrons. The molecule has 0 unspecified atom stereocenters. The van der Waals surface area contributed by atoms with Crippen LogP contribution in [-0.4, -0.2) is 31.5 Å². The largest absolute Gasteiger partial charge is 0.293 e. The molecule has 1 saturated heterocycles. The molecule has 0 saturated carbocycles. The zero-order valence-corrected chi connectivity index (χ0v) is 16.0. The average Bonchev–Trinajstić information content (AvgIpc) is 3.00. The Hall–Kier alpha value is -1.70. The standard InChI is InChI=1S/C17H15ClFN3OS2/c1-3-21-16(23)14(25-17(21)24)8-13-10(2)20-22(15(13)18)9-11-4-6-12(19)7-5-11/h4-8H,3,9H2,1-2H3/b14-8+. The lowest BCUT2D eigenvalue weighted by molar-refractivity contribution is -0.121. The van der Waals surface area contributed by atoms with Gasteiger partial charge in [0.1, 0.15) is 15.3 Å². The highest BCUT2D eigenvalue weighted by Crippen LogP contribution is 2.34. The minimum atomic E-state index is -0.287. The summed E-state index contributed by atoms with van der Waals surface area (Å²) in [4.78, 5) is 14.4. The van der Waals surface area contributed by atoms with Gasteiger partial charge in [0.15, 0.2) is 0 Å². The molecule has 3 rings (SSSR count). The first-order valence-corrected chi connectivity index (χ1v) is 9.23. The maximum atomic E-state index is 13.0. The normalized spacial score (nSPS) is 16.3. The molecule has 1 fully saturated rings. The van der Waals surface area contributed by atoms with Gasteiger partial charge in [-0.15, -0.1) is 0 Å². The van der Waals surface area contributed by atoms with E-state index < -0.39 is 0 Å². The van der Waals surface area contributed by atoms with Crippen molar-refractivity contribution in [2.24, 2.45) is 0 Å². The third-order valence-electron chi connectivity index (χ3n) is 3.82. The van der Waals surface area contributed by atoms with Crippen molar-refractivity contribution in [1.82, 2.24) is 14.7 Å². The second-order valence-electron chi connectivity index (χ2n) is 5.50. The van der Waals surface area contributed by atoms with Crippen LogP contribution in [0.2, 0.25) is 5.15 Å². The third kappa shape index (κ3) is 3.63. The van der Waals surface area contributed by atoms with Gasteiger partial charge in [-0.1, -0.05) is 47.7 Å². The second-order valence-corrected chi connectivity index (χ2v) is 7.53. The lowest BCUT2D eigenvalue weighted by Gasteiger charge is -2.09. The van der Waals surface area contributed by atoms with Crippen molar-refractivity contribution in [3.63, 3.8) is 0 Å². The van der Waals surface area contributed by atoms with Crippen LogP contribution in [0.3, 0.4) is 0 Å². The number of carbonyl (C=O) groups is 1. The third-order valence-corrected chi connectivity index (χ3v) is 5.60. The van der Waals surface area contributed by atoms with E-state index in [4.69, 9.17) is 23.8 Å². The summed E-state index contributed by atoms with van der Waals surface area (Å²) in [5.41, 5.74) is 2.30. The molecule has 0 bridgehead atoms. The van der Waals surface area contributed by atoms with Crippen LogP contribution in [0.4, 0.5) is 4.39 Å². The fraction of sp³-hybridized carbons (Fsp3) is 0.235. The van der Waals surface area contributed by atoms with E-state index in [-0.39, 0.29) is 11.7 Å². The summed E-state index contributed by atoms with van der Waals surface area (Å²) in [7, 11) is 0. The number of carbonyl (C=O) groups excluding carboxylic acids is 1. The molecule has 0 atom stereocenters. The Labute approximate surface area is 159 Å². The summed E-state index contributed by atoms with van der Waals surface area (Å²) in [6, 6.07) is 6.18. The molecule has 2 heterocycles. The predicted molar refractivity (Wildman–Crippen MR) is 103 cm³/mol. The van der Waals surface area contributed by atoms with Gasteiger partial charge in [-0.3, -0.25) is 9.69 Å². The lowest BCUT2D eigenvalue weighted by atomic mass is 10.2. The topological polar surface area (TPSA) is 38.1 Å². The average molecular weight is 396 g/mol. The first kappa shape index (κ1) is 18.1. The number of hydrogen-bond donors (Lipinski definition) is 0. The summed E-state index contributed by atoms with van der Waals surface area (Å²) in [5, 5.41) is 4.87. The maximum Gasteiger partial charge on any atom is 0.266 e. The highest BCUT2D eigenvalue weighted by molar-refractivity contribution is 8.26. The highest BCUT2D eigenvalue weighted by Gasteiger charge is 2.31. The monoisotopic (exact) mass is 395 g/mol. The lowest BCUT2D eigenvalue weighted by Crippen LogP contribution is -2.27. The van der Waals surface area contributed by atoms with E-state index >= 15 is 0 Å². The number of thioether (sulfide) groups is 1. The Morgan fingerprint density at radius 3 is 2.64 bits per heavy atom. The Kier molecular flexibility index (Phi) is 5.27. The van der Waals surface area contributed by atoms with Gasteiger partial charge in [-0.05, 0) is 37.6 Å². The molecule has 0 aliphatic carbocycles. The van der Waals surface area contributed by atoms with Gasteiger partial charge in [-0.25, -0.2) is 9.07 Å². The molecule has 130 valence electrons. The number of rotatable bonds is 4. The van der Waals surface area contributed by atoms with E-state index in [2.05, 4.69) is 5.10 Å². The fourth-order valence-electron chi connectivity index (χ4n) is 2.50. The molecule has 1 aromatic carbocycles. The van der Waals surface area contributed by atoms with Crippen molar-refractivity contribution in [3.05, 3.63) is 57.0 Å². The quantitative estimate of drug-likeness (QED) is 0.573. The van der Waals surface area contributed by atoms with Crippen LogP contribution in [0.25, 0.3) is 6.08 Å². The number of benzene rings is 1. The molecule has 1 aliphatic rings. The number of amides is 1. The molecule has 4 nitrogen and oxygen atoms in total. The van der Waals surface area contributed by atoms with Crippen LogP contribution in [-0.2, 0) is 11.3 Å². The number of aryl methyl sites for hydroxylation is 1. The zero-order valence-electron chi connectivity index (χ0n) is 13.6. The molecule has 8 heteroatoms. The molecular weight excluding hydrogens is 381 g/mol. The Morgan fingerprint density at radius 2 is 2.04 bits per heavy atom. The molecular formula is C17H15ClFN3OS2. The summed E-state index contributed by atoms with van der Waals surface area (Å²) in [5.74, 6) is -0.399. The van der Waals surface area contributed by atoms with Gasteiger partial charge in [0.25, 0.3) is 5.91 Å². The van der Waals surface area contributed by atoms with Crippen LogP contribution >= 0.6 is 35.6 Å². The predicted octanol–water partition coefficient (Wildman–Crippen LogP) is 4.25. The van der Waals surface area contributed by atoms with Crippen LogP contribution in [0, 0.1) is 12.7 Å². The van der Waals surface area contributed by atoms with Crippen molar-refractivity contribution >= 4 is 51.9 Å². The molecule has 1 aliphatic heterocycles. The summed E-state index contributed by atoms with van der Waals surface area (Å²) in [6.07, 6.45) is 1.74. The smallest absolute Gasteiger partial charge is 0.266 e. The number of halogens is 2. The van der Waals surface area contributed by atoms with Crippen molar-refractivity contribution in [1.29, 1.82) is 0 Å².